The van der Waals surface area contributed by atoms with Crippen LogP contribution in [0.4, 0.5) is 29.1 Å². The Balaban J connectivity index is 1.71. The van der Waals surface area contributed by atoms with E-state index in [9.17, 15) is 4.79 Å². The van der Waals surface area contributed by atoms with Gasteiger partial charge >= 0.3 is 5.97 Å². The smallest absolute Gasteiger partial charge is 0.302 e. The average molecular weight is 626 g/mol. The number of esters is 1. The maximum absolute atomic E-state index is 11.2. The second kappa shape index (κ2) is 16.0. The van der Waals surface area contributed by atoms with Gasteiger partial charge in [-0.3, -0.25) is 4.79 Å². The van der Waals surface area contributed by atoms with E-state index in [1.54, 1.807) is 25.1 Å². The second-order valence-corrected chi connectivity index (χ2v) is 11.0. The zero-order chi connectivity index (χ0) is 31.5. The van der Waals surface area contributed by atoms with Gasteiger partial charge in [0.05, 0.1) is 30.0 Å². The first-order valence-electron chi connectivity index (χ1n) is 14.2. The number of anilines is 3. The van der Waals surface area contributed by atoms with Gasteiger partial charge in [-0.05, 0) is 32.4 Å². The van der Waals surface area contributed by atoms with Crippen molar-refractivity contribution in [3.05, 3.63) is 36.0 Å². The fraction of sp³-hybridized carbons (Fsp3) is 0.464. The lowest BCUT2D eigenvalue weighted by Gasteiger charge is -2.19. The Kier molecular flexibility index (Phi) is 11.9. The van der Waals surface area contributed by atoms with Crippen LogP contribution in [0, 0.1) is 0 Å². The van der Waals surface area contributed by atoms with Gasteiger partial charge in [-0.15, -0.1) is 15.3 Å². The molecule has 0 saturated heterocycles. The summed E-state index contributed by atoms with van der Waals surface area (Å²) < 4.78 is 18.4. The lowest BCUT2D eigenvalue weighted by atomic mass is 10.3. The van der Waals surface area contributed by atoms with Crippen LogP contribution in [-0.2, 0) is 25.5 Å². The van der Waals surface area contributed by atoms with Gasteiger partial charge in [-0.2, -0.15) is 9.97 Å². The maximum atomic E-state index is 11.2. The number of nitrogens with zero attached hydrogens (tertiary/aromatic N) is 7. The standard InChI is InChI=1S/C28H39N11O4S/c1-17(15-41-4)31-26-23(25(30-11-8-12-43-19(3)40)34-27(35-26)32-18(2)16-42-5)36-37-24-20(13-29)14-39(38-24)28-33-21-9-6-7-10-22(21)44-28/h6-7,9-10,14,17-18H,8,11-13,15-16,29H2,1-5H3,(H3,30,31,32,34,35). The molecular formula is C28H39N11O4S. The number of hydrogen-bond acceptors (Lipinski definition) is 15. The molecule has 236 valence electrons. The first-order chi connectivity index (χ1) is 21.3. The van der Waals surface area contributed by atoms with Crippen molar-refractivity contribution in [2.24, 2.45) is 16.0 Å². The van der Waals surface area contributed by atoms with Crippen LogP contribution in [0.2, 0.25) is 0 Å². The third-order valence-corrected chi connectivity index (χ3v) is 7.13. The number of ether oxygens (including phenoxy) is 3. The highest BCUT2D eigenvalue weighted by molar-refractivity contribution is 7.20. The molecule has 0 bridgehead atoms. The Labute approximate surface area is 259 Å². The van der Waals surface area contributed by atoms with Crippen LogP contribution < -0.4 is 21.7 Å². The van der Waals surface area contributed by atoms with E-state index in [1.165, 1.54) is 18.3 Å². The third-order valence-electron chi connectivity index (χ3n) is 6.11. The number of aromatic nitrogens is 5. The highest BCUT2D eigenvalue weighted by Crippen LogP contribution is 2.35. The first kappa shape index (κ1) is 32.7. The predicted molar refractivity (Wildman–Crippen MR) is 171 cm³/mol. The van der Waals surface area contributed by atoms with Crippen molar-refractivity contribution in [3.63, 3.8) is 0 Å². The van der Waals surface area contributed by atoms with E-state index in [2.05, 4.69) is 36.3 Å². The number of azo groups is 1. The van der Waals surface area contributed by atoms with Gasteiger partial charge in [-0.1, -0.05) is 23.5 Å². The van der Waals surface area contributed by atoms with Gasteiger partial charge in [0.25, 0.3) is 0 Å². The van der Waals surface area contributed by atoms with Crippen LogP contribution in [0.3, 0.4) is 0 Å². The van der Waals surface area contributed by atoms with Gasteiger partial charge in [0, 0.05) is 58.1 Å². The number of rotatable bonds is 17. The number of carbonyl (C=O) groups excluding carboxylic acids is 1. The number of hydrogen-bond donors (Lipinski definition) is 4. The molecule has 44 heavy (non-hydrogen) atoms. The number of carbonyl (C=O) groups is 1. The van der Waals surface area contributed by atoms with Crippen LogP contribution in [0.25, 0.3) is 15.3 Å². The molecule has 0 radical (unpaired) electrons. The van der Waals surface area contributed by atoms with Crippen molar-refractivity contribution >= 4 is 56.6 Å². The minimum atomic E-state index is -0.334. The molecule has 4 rings (SSSR count). The summed E-state index contributed by atoms with van der Waals surface area (Å²) in [6.45, 7) is 7.10. The summed E-state index contributed by atoms with van der Waals surface area (Å²) in [6, 6.07) is 7.72. The number of nitrogens with one attached hydrogen (secondary N) is 3. The summed E-state index contributed by atoms with van der Waals surface area (Å²) in [7, 11) is 3.26. The Bertz CT molecular complexity index is 1520. The van der Waals surface area contributed by atoms with E-state index in [-0.39, 0.29) is 31.2 Å². The molecule has 0 amide bonds. The number of para-hydroxylation sites is 1. The highest BCUT2D eigenvalue weighted by atomic mass is 32.1. The summed E-state index contributed by atoms with van der Waals surface area (Å²) in [5.74, 6) is 1.23. The fourth-order valence-electron chi connectivity index (χ4n) is 4.15. The monoisotopic (exact) mass is 625 g/mol. The van der Waals surface area contributed by atoms with Gasteiger partial charge < -0.3 is 35.9 Å². The lowest BCUT2D eigenvalue weighted by Crippen LogP contribution is -2.25. The van der Waals surface area contributed by atoms with E-state index >= 15 is 0 Å². The second-order valence-electron chi connectivity index (χ2n) is 10.0. The molecule has 16 heteroatoms. The van der Waals surface area contributed by atoms with E-state index < -0.39 is 0 Å². The number of benzene rings is 1. The van der Waals surface area contributed by atoms with E-state index in [0.29, 0.717) is 66.0 Å². The zero-order valence-corrected chi connectivity index (χ0v) is 26.3. The summed E-state index contributed by atoms with van der Waals surface area (Å²) in [4.78, 5) is 25.3. The van der Waals surface area contributed by atoms with Crippen LogP contribution >= 0.6 is 11.3 Å². The summed E-state index contributed by atoms with van der Waals surface area (Å²) >= 11 is 1.52. The largest absolute Gasteiger partial charge is 0.466 e. The Morgan fingerprint density at radius 2 is 1.77 bits per heavy atom. The van der Waals surface area contributed by atoms with Crippen molar-refractivity contribution in [1.82, 2.24) is 24.7 Å². The van der Waals surface area contributed by atoms with Crippen molar-refractivity contribution in [2.45, 2.75) is 45.8 Å². The van der Waals surface area contributed by atoms with Gasteiger partial charge in [0.1, 0.15) is 0 Å². The van der Waals surface area contributed by atoms with E-state index in [0.717, 1.165) is 10.2 Å². The molecule has 1 aromatic carbocycles. The SMILES string of the molecule is COCC(C)Nc1nc(NCCCOC(C)=O)c(N=Nc2nn(-c3nc4ccccc4s3)cc2CN)c(NC(C)COC)n1. The normalized spacial score (nSPS) is 12.9. The van der Waals surface area contributed by atoms with Crippen molar-refractivity contribution in [2.75, 3.05) is 56.5 Å². The molecule has 0 fully saturated rings. The summed E-state index contributed by atoms with van der Waals surface area (Å²) in [6.07, 6.45) is 2.36. The molecule has 4 aromatic rings. The van der Waals surface area contributed by atoms with Crippen LogP contribution in [0.1, 0.15) is 32.8 Å². The van der Waals surface area contributed by atoms with Crippen LogP contribution in [0.5, 0.6) is 0 Å². The minimum Gasteiger partial charge on any atom is -0.466 e. The number of fused-ring (bicyclic) bond motifs is 1. The molecule has 3 aromatic heterocycles. The Morgan fingerprint density at radius 3 is 2.48 bits per heavy atom. The predicted octanol–water partition coefficient (Wildman–Crippen LogP) is 4.40. The van der Waals surface area contributed by atoms with Crippen LogP contribution in [0.15, 0.2) is 40.7 Å². The molecule has 3 heterocycles. The molecule has 2 atom stereocenters. The Morgan fingerprint density at radius 1 is 1.05 bits per heavy atom. The summed E-state index contributed by atoms with van der Waals surface area (Å²) in [5.41, 5.74) is 8.00. The van der Waals surface area contributed by atoms with E-state index in [1.807, 2.05) is 38.1 Å². The van der Waals surface area contributed by atoms with Gasteiger partial charge in [-0.25, -0.2) is 9.67 Å². The number of nitrogens with two attached hydrogens (primary N) is 1. The lowest BCUT2D eigenvalue weighted by molar-refractivity contribution is -0.140. The number of methoxy groups -OCH3 is 2. The van der Waals surface area contributed by atoms with E-state index in [4.69, 9.17) is 29.9 Å². The molecule has 0 aliphatic rings. The molecule has 0 spiro atoms. The fourth-order valence-corrected chi connectivity index (χ4v) is 5.04. The van der Waals surface area contributed by atoms with Crippen LogP contribution in [-0.4, -0.2) is 83.4 Å². The quantitative estimate of drug-likeness (QED) is 0.0736. The van der Waals surface area contributed by atoms with Crippen molar-refractivity contribution in [1.29, 1.82) is 0 Å². The molecule has 0 aliphatic carbocycles. The molecule has 2 unspecified atom stereocenters. The molecule has 15 nitrogen and oxygen atoms in total. The molecule has 5 N–H and O–H groups in total. The van der Waals surface area contributed by atoms with Gasteiger partial charge in [0.2, 0.25) is 16.9 Å². The Hall–Kier alpha value is -4.25. The molecular weight excluding hydrogens is 586 g/mol. The third kappa shape index (κ3) is 8.89. The molecule has 0 aliphatic heterocycles. The van der Waals surface area contributed by atoms with Gasteiger partial charge in [0.15, 0.2) is 17.3 Å². The first-order valence-corrected chi connectivity index (χ1v) is 15.0. The summed E-state index contributed by atoms with van der Waals surface area (Å²) in [5, 5.41) is 24.3. The van der Waals surface area contributed by atoms with Crippen molar-refractivity contribution in [3.8, 4) is 5.13 Å². The maximum Gasteiger partial charge on any atom is 0.302 e. The zero-order valence-electron chi connectivity index (χ0n) is 25.5. The average Bonchev–Trinajstić information content (AvgIpc) is 3.61. The number of thiazole rings is 1. The minimum absolute atomic E-state index is 0.0628. The highest BCUT2D eigenvalue weighted by Gasteiger charge is 2.19. The van der Waals surface area contributed by atoms with Crippen molar-refractivity contribution < 1.29 is 19.0 Å². The molecule has 0 saturated carbocycles. The topological polar surface area (TPSA) is 188 Å².